The third-order valence-corrected chi connectivity index (χ3v) is 11.0. The predicted molar refractivity (Wildman–Crippen MR) is 198 cm³/mol. The fourth-order valence-corrected chi connectivity index (χ4v) is 9.25. The number of fused-ring (bicyclic) bond motifs is 17. The maximum absolute atomic E-state index is 2.57. The van der Waals surface area contributed by atoms with E-state index >= 15 is 0 Å². The molecular formula is C47H28. The van der Waals surface area contributed by atoms with Gasteiger partial charge in [0.05, 0.1) is 5.41 Å². The summed E-state index contributed by atoms with van der Waals surface area (Å²) in [4.78, 5) is 0. The van der Waals surface area contributed by atoms with Crippen LogP contribution in [0.2, 0.25) is 0 Å². The van der Waals surface area contributed by atoms with E-state index in [-0.39, 0.29) is 0 Å². The maximum atomic E-state index is 2.57. The van der Waals surface area contributed by atoms with Crippen LogP contribution in [-0.2, 0) is 5.41 Å². The highest BCUT2D eigenvalue weighted by molar-refractivity contribution is 6.20. The lowest BCUT2D eigenvalue weighted by Crippen LogP contribution is -2.26. The van der Waals surface area contributed by atoms with E-state index in [1.165, 1.54) is 98.7 Å². The molecule has 0 heteroatoms. The Balaban J connectivity index is 1.38. The van der Waals surface area contributed by atoms with E-state index in [1.54, 1.807) is 0 Å². The first-order chi connectivity index (χ1) is 23.3. The highest BCUT2D eigenvalue weighted by Crippen LogP contribution is 2.65. The van der Waals surface area contributed by atoms with Crippen LogP contribution >= 0.6 is 0 Å². The minimum atomic E-state index is -0.423. The van der Waals surface area contributed by atoms with Gasteiger partial charge in [0, 0.05) is 0 Å². The Morgan fingerprint density at radius 3 is 1.47 bits per heavy atom. The molecule has 0 radical (unpaired) electrons. The summed E-state index contributed by atoms with van der Waals surface area (Å²) in [7, 11) is 0. The van der Waals surface area contributed by atoms with Crippen molar-refractivity contribution in [2.45, 2.75) is 5.41 Å². The molecule has 11 rings (SSSR count). The molecule has 0 fully saturated rings. The predicted octanol–water partition coefficient (Wildman–Crippen LogP) is 12.3. The molecule has 0 bridgehead atoms. The zero-order valence-electron chi connectivity index (χ0n) is 25.7. The van der Waals surface area contributed by atoms with Crippen molar-refractivity contribution < 1.29 is 0 Å². The smallest absolute Gasteiger partial charge is 0.0619 e. The van der Waals surface area contributed by atoms with Gasteiger partial charge in [0.15, 0.2) is 0 Å². The average Bonchev–Trinajstić information content (AvgIpc) is 3.62. The first-order valence-electron chi connectivity index (χ1n) is 16.5. The molecule has 0 unspecified atom stereocenters. The first-order valence-corrected chi connectivity index (χ1v) is 16.5. The van der Waals surface area contributed by atoms with E-state index in [0.717, 1.165) is 0 Å². The molecule has 47 heavy (non-hydrogen) atoms. The average molecular weight is 593 g/mol. The Bertz CT molecular complexity index is 2750. The van der Waals surface area contributed by atoms with E-state index in [4.69, 9.17) is 0 Å². The molecule has 1 spiro atoms. The number of benzene rings is 9. The van der Waals surface area contributed by atoms with Crippen LogP contribution in [0, 0.1) is 0 Å². The Morgan fingerprint density at radius 2 is 0.745 bits per heavy atom. The van der Waals surface area contributed by atoms with E-state index in [0.29, 0.717) is 0 Å². The van der Waals surface area contributed by atoms with Crippen LogP contribution in [0.15, 0.2) is 170 Å². The Hall–Kier alpha value is -5.98. The summed E-state index contributed by atoms with van der Waals surface area (Å²) in [5.41, 5.74) is 13.1. The van der Waals surface area contributed by atoms with E-state index < -0.39 is 5.41 Å². The summed E-state index contributed by atoms with van der Waals surface area (Å²) >= 11 is 0. The molecule has 0 N–H and O–H groups in total. The Kier molecular flexibility index (Phi) is 4.86. The van der Waals surface area contributed by atoms with Crippen molar-refractivity contribution in [3.05, 3.63) is 192 Å². The third-order valence-electron chi connectivity index (χ3n) is 11.0. The molecule has 2 aliphatic carbocycles. The lowest BCUT2D eigenvalue weighted by molar-refractivity contribution is 0.795. The fraction of sp³-hybridized carbons (Fsp3) is 0.0213. The van der Waals surface area contributed by atoms with Crippen molar-refractivity contribution in [1.82, 2.24) is 0 Å². The molecule has 2 aliphatic rings. The van der Waals surface area contributed by atoms with Crippen molar-refractivity contribution in [3.63, 3.8) is 0 Å². The Labute approximate surface area is 273 Å². The molecule has 9 aromatic carbocycles. The quantitative estimate of drug-likeness (QED) is 0.166. The van der Waals surface area contributed by atoms with Gasteiger partial charge >= 0.3 is 0 Å². The standard InChI is InChI=1S/C47H28/c1-4-16-32-29(13-1)25-26-43-45(32)46-38-22-8-7-19-35(38)40(39-27-30-14-2-3-15-31(30)33-17-5-6-18-34(33)39)28-44(46)47(43)41-23-11-9-20-36(41)37-21-10-12-24-42(37)47/h1-28H. The van der Waals surface area contributed by atoms with E-state index in [2.05, 4.69) is 170 Å². The molecule has 9 aromatic rings. The first kappa shape index (κ1) is 25.2. The summed E-state index contributed by atoms with van der Waals surface area (Å²) in [6.07, 6.45) is 0. The van der Waals surface area contributed by atoms with Gasteiger partial charge in [-0.15, -0.1) is 0 Å². The zero-order chi connectivity index (χ0) is 30.7. The number of hydrogen-bond acceptors (Lipinski definition) is 0. The van der Waals surface area contributed by atoms with Gasteiger partial charge in [-0.3, -0.25) is 0 Å². The summed E-state index contributed by atoms with van der Waals surface area (Å²) < 4.78 is 0. The fourth-order valence-electron chi connectivity index (χ4n) is 9.25. The zero-order valence-corrected chi connectivity index (χ0v) is 25.7. The lowest BCUT2D eigenvalue weighted by atomic mass is 9.69. The van der Waals surface area contributed by atoms with Crippen LogP contribution < -0.4 is 0 Å². The normalized spacial score (nSPS) is 13.7. The minimum absolute atomic E-state index is 0.423. The van der Waals surface area contributed by atoms with Gasteiger partial charge in [0.25, 0.3) is 0 Å². The van der Waals surface area contributed by atoms with Gasteiger partial charge in [-0.25, -0.2) is 0 Å². The minimum Gasteiger partial charge on any atom is -0.0619 e. The lowest BCUT2D eigenvalue weighted by Gasteiger charge is -2.31. The van der Waals surface area contributed by atoms with E-state index in [1.807, 2.05) is 0 Å². The molecule has 0 saturated carbocycles. The summed E-state index contributed by atoms with van der Waals surface area (Å²) in [6, 6.07) is 63.8. The second-order valence-electron chi connectivity index (χ2n) is 13.1. The van der Waals surface area contributed by atoms with Crippen LogP contribution in [0.25, 0.3) is 76.5 Å². The van der Waals surface area contributed by atoms with Gasteiger partial charge in [0.2, 0.25) is 0 Å². The van der Waals surface area contributed by atoms with E-state index in [9.17, 15) is 0 Å². The molecule has 0 atom stereocenters. The van der Waals surface area contributed by atoms with Crippen molar-refractivity contribution >= 4 is 43.1 Å². The van der Waals surface area contributed by atoms with Crippen molar-refractivity contribution in [1.29, 1.82) is 0 Å². The van der Waals surface area contributed by atoms with Crippen molar-refractivity contribution in [2.24, 2.45) is 0 Å². The number of hydrogen-bond donors (Lipinski definition) is 0. The Morgan fingerprint density at radius 1 is 0.255 bits per heavy atom. The van der Waals surface area contributed by atoms with Gasteiger partial charge in [0.1, 0.15) is 0 Å². The molecule has 0 saturated heterocycles. The third kappa shape index (κ3) is 3.08. The highest BCUT2D eigenvalue weighted by Gasteiger charge is 2.52. The molecular weight excluding hydrogens is 565 g/mol. The molecule has 0 heterocycles. The molecule has 0 nitrogen and oxygen atoms in total. The van der Waals surface area contributed by atoms with Gasteiger partial charge in [-0.05, 0) is 111 Å². The van der Waals surface area contributed by atoms with Crippen LogP contribution in [0.1, 0.15) is 22.3 Å². The summed E-state index contributed by atoms with van der Waals surface area (Å²) in [5, 5.41) is 10.4. The second-order valence-corrected chi connectivity index (χ2v) is 13.1. The molecule has 0 aromatic heterocycles. The van der Waals surface area contributed by atoms with Crippen LogP contribution in [-0.4, -0.2) is 0 Å². The van der Waals surface area contributed by atoms with Crippen LogP contribution in [0.5, 0.6) is 0 Å². The summed E-state index contributed by atoms with van der Waals surface area (Å²) in [5.74, 6) is 0. The van der Waals surface area contributed by atoms with Crippen molar-refractivity contribution in [2.75, 3.05) is 0 Å². The topological polar surface area (TPSA) is 0 Å². The molecule has 0 aliphatic heterocycles. The van der Waals surface area contributed by atoms with Gasteiger partial charge < -0.3 is 0 Å². The second kappa shape index (κ2) is 9.06. The molecule has 216 valence electrons. The number of rotatable bonds is 1. The largest absolute Gasteiger partial charge is 0.0726 e. The summed E-state index contributed by atoms with van der Waals surface area (Å²) in [6.45, 7) is 0. The van der Waals surface area contributed by atoms with Crippen LogP contribution in [0.4, 0.5) is 0 Å². The van der Waals surface area contributed by atoms with Gasteiger partial charge in [-0.2, -0.15) is 0 Å². The monoisotopic (exact) mass is 592 g/mol. The highest BCUT2D eigenvalue weighted by atomic mass is 14.5. The molecule has 0 amide bonds. The van der Waals surface area contributed by atoms with Gasteiger partial charge in [-0.1, -0.05) is 158 Å². The SMILES string of the molecule is c1ccc2c(c1)-c1ccccc1C21c2ccc3ccccc3c2-c2c1cc(-c1cc3ccccc3c3ccccc13)c1ccccc21. The van der Waals surface area contributed by atoms with Crippen molar-refractivity contribution in [3.8, 4) is 33.4 Å². The van der Waals surface area contributed by atoms with Crippen LogP contribution in [0.3, 0.4) is 0 Å². The maximum Gasteiger partial charge on any atom is 0.0726 e.